The fourth-order valence-electron chi connectivity index (χ4n) is 2.39. The van der Waals surface area contributed by atoms with Crippen LogP contribution in [0.15, 0.2) is 0 Å². The third-order valence-electron chi connectivity index (χ3n) is 3.16. The van der Waals surface area contributed by atoms with E-state index >= 15 is 0 Å². The molecular weight excluding hydrogens is 226 g/mol. The average molecular weight is 255 g/mol. The number of hydrogen-bond acceptors (Lipinski definition) is 3. The molecule has 0 saturated carbocycles. The molecule has 106 valence electrons. The van der Waals surface area contributed by atoms with Crippen molar-refractivity contribution in [2.75, 3.05) is 19.6 Å². The summed E-state index contributed by atoms with van der Waals surface area (Å²) < 4.78 is 0. The third kappa shape index (κ3) is 5.83. The molecule has 1 aliphatic heterocycles. The van der Waals surface area contributed by atoms with E-state index in [4.69, 9.17) is 0 Å². The predicted octanol–water partition coefficient (Wildman–Crippen LogP) is 1.36. The van der Waals surface area contributed by atoms with Crippen molar-refractivity contribution in [1.29, 1.82) is 0 Å². The monoisotopic (exact) mass is 255 g/mol. The molecule has 0 aromatic rings. The second kappa shape index (κ2) is 6.53. The SMILES string of the molecule is CC(CN1CCCC1)NC(C)C(=O)NC(C)(C)C. The molecule has 1 aliphatic rings. The van der Waals surface area contributed by atoms with Gasteiger partial charge in [-0.25, -0.2) is 0 Å². The summed E-state index contributed by atoms with van der Waals surface area (Å²) in [5.74, 6) is 0.0794. The van der Waals surface area contributed by atoms with Gasteiger partial charge in [0, 0.05) is 18.1 Å². The summed E-state index contributed by atoms with van der Waals surface area (Å²) in [6, 6.07) is 0.214. The molecule has 0 aromatic heterocycles. The van der Waals surface area contributed by atoms with Gasteiger partial charge in [0.2, 0.25) is 5.91 Å². The molecule has 0 aliphatic carbocycles. The zero-order valence-electron chi connectivity index (χ0n) is 12.5. The Labute approximate surface area is 111 Å². The van der Waals surface area contributed by atoms with E-state index in [1.807, 2.05) is 27.7 Å². The second-order valence-corrected chi connectivity index (χ2v) is 6.54. The molecule has 1 amide bonds. The van der Waals surface area contributed by atoms with Crippen LogP contribution in [-0.4, -0.2) is 48.1 Å². The van der Waals surface area contributed by atoms with E-state index in [1.165, 1.54) is 25.9 Å². The maximum atomic E-state index is 11.9. The lowest BCUT2D eigenvalue weighted by molar-refractivity contribution is -0.124. The molecule has 2 N–H and O–H groups in total. The number of nitrogens with zero attached hydrogens (tertiary/aromatic N) is 1. The van der Waals surface area contributed by atoms with Crippen molar-refractivity contribution in [3.8, 4) is 0 Å². The van der Waals surface area contributed by atoms with Crippen LogP contribution in [0.2, 0.25) is 0 Å². The molecule has 0 radical (unpaired) electrons. The summed E-state index contributed by atoms with van der Waals surface area (Å²) in [6.45, 7) is 13.5. The van der Waals surface area contributed by atoms with E-state index in [1.54, 1.807) is 0 Å². The molecule has 0 spiro atoms. The lowest BCUT2D eigenvalue weighted by Gasteiger charge is -2.27. The first-order valence-corrected chi connectivity index (χ1v) is 7.08. The zero-order chi connectivity index (χ0) is 13.8. The molecule has 1 fully saturated rings. The number of carbonyl (C=O) groups excluding carboxylic acids is 1. The van der Waals surface area contributed by atoms with Gasteiger partial charge >= 0.3 is 0 Å². The van der Waals surface area contributed by atoms with Crippen molar-refractivity contribution in [3.63, 3.8) is 0 Å². The molecule has 4 nitrogen and oxygen atoms in total. The number of amides is 1. The van der Waals surface area contributed by atoms with Crippen molar-refractivity contribution in [3.05, 3.63) is 0 Å². The smallest absolute Gasteiger partial charge is 0.237 e. The van der Waals surface area contributed by atoms with Crippen LogP contribution < -0.4 is 10.6 Å². The van der Waals surface area contributed by atoms with Crippen LogP contribution in [0.25, 0.3) is 0 Å². The highest BCUT2D eigenvalue weighted by molar-refractivity contribution is 5.81. The predicted molar refractivity (Wildman–Crippen MR) is 75.6 cm³/mol. The third-order valence-corrected chi connectivity index (χ3v) is 3.16. The van der Waals surface area contributed by atoms with Crippen molar-refractivity contribution in [1.82, 2.24) is 15.5 Å². The molecule has 4 heteroatoms. The summed E-state index contributed by atoms with van der Waals surface area (Å²) in [7, 11) is 0. The van der Waals surface area contributed by atoms with Crippen molar-refractivity contribution in [2.24, 2.45) is 0 Å². The summed E-state index contributed by atoms with van der Waals surface area (Å²) in [4.78, 5) is 14.4. The number of hydrogen-bond donors (Lipinski definition) is 2. The molecular formula is C14H29N3O. The molecule has 0 bridgehead atoms. The molecule has 18 heavy (non-hydrogen) atoms. The number of carbonyl (C=O) groups is 1. The van der Waals surface area contributed by atoms with Crippen LogP contribution in [0.5, 0.6) is 0 Å². The van der Waals surface area contributed by atoms with Gasteiger partial charge in [0.05, 0.1) is 6.04 Å². The Morgan fingerprint density at radius 1 is 1.22 bits per heavy atom. The first kappa shape index (κ1) is 15.4. The maximum absolute atomic E-state index is 11.9. The van der Waals surface area contributed by atoms with Gasteiger partial charge in [0.15, 0.2) is 0 Å². The van der Waals surface area contributed by atoms with Gasteiger partial charge in [-0.1, -0.05) is 0 Å². The highest BCUT2D eigenvalue weighted by Crippen LogP contribution is 2.08. The van der Waals surface area contributed by atoms with Gasteiger partial charge in [-0.2, -0.15) is 0 Å². The van der Waals surface area contributed by atoms with Crippen molar-refractivity contribution in [2.45, 2.75) is 65.1 Å². The number of rotatable bonds is 5. The van der Waals surface area contributed by atoms with Gasteiger partial charge in [0.1, 0.15) is 0 Å². The molecule has 1 rings (SSSR count). The summed E-state index contributed by atoms with van der Waals surface area (Å²) in [5, 5.41) is 6.38. The van der Waals surface area contributed by atoms with E-state index in [9.17, 15) is 4.79 Å². The lowest BCUT2D eigenvalue weighted by atomic mass is 10.1. The maximum Gasteiger partial charge on any atom is 0.237 e. The minimum absolute atomic E-state index is 0.0794. The highest BCUT2D eigenvalue weighted by Gasteiger charge is 2.21. The first-order valence-electron chi connectivity index (χ1n) is 7.08. The van der Waals surface area contributed by atoms with E-state index in [0.717, 1.165) is 6.54 Å². The summed E-state index contributed by atoms with van der Waals surface area (Å²) >= 11 is 0. The Bertz CT molecular complexity index is 267. The van der Waals surface area contributed by atoms with Gasteiger partial charge in [-0.05, 0) is 60.5 Å². The Morgan fingerprint density at radius 2 is 1.78 bits per heavy atom. The fourth-order valence-corrected chi connectivity index (χ4v) is 2.39. The van der Waals surface area contributed by atoms with Crippen LogP contribution in [0, 0.1) is 0 Å². The zero-order valence-corrected chi connectivity index (χ0v) is 12.5. The molecule has 1 saturated heterocycles. The fraction of sp³-hybridized carbons (Fsp3) is 0.929. The second-order valence-electron chi connectivity index (χ2n) is 6.54. The molecule has 1 heterocycles. The quantitative estimate of drug-likeness (QED) is 0.780. The van der Waals surface area contributed by atoms with E-state index in [-0.39, 0.29) is 17.5 Å². The van der Waals surface area contributed by atoms with Crippen molar-refractivity contribution < 1.29 is 4.79 Å². The topological polar surface area (TPSA) is 44.4 Å². The van der Waals surface area contributed by atoms with E-state index in [0.29, 0.717) is 6.04 Å². The summed E-state index contributed by atoms with van der Waals surface area (Å²) in [6.07, 6.45) is 2.62. The Morgan fingerprint density at radius 3 is 2.28 bits per heavy atom. The Hall–Kier alpha value is -0.610. The summed E-state index contributed by atoms with van der Waals surface area (Å²) in [5.41, 5.74) is -0.161. The minimum atomic E-state index is -0.161. The Balaban J connectivity index is 2.29. The highest BCUT2D eigenvalue weighted by atomic mass is 16.2. The van der Waals surface area contributed by atoms with Crippen LogP contribution >= 0.6 is 0 Å². The largest absolute Gasteiger partial charge is 0.350 e. The number of likely N-dealkylation sites (tertiary alicyclic amines) is 1. The average Bonchev–Trinajstić information content (AvgIpc) is 2.67. The van der Waals surface area contributed by atoms with Gasteiger partial charge in [-0.15, -0.1) is 0 Å². The molecule has 0 aromatic carbocycles. The van der Waals surface area contributed by atoms with Gasteiger partial charge < -0.3 is 15.5 Å². The number of nitrogens with one attached hydrogen (secondary N) is 2. The van der Waals surface area contributed by atoms with Crippen molar-refractivity contribution >= 4 is 5.91 Å². The standard InChI is InChI=1S/C14H29N3O/c1-11(10-17-8-6-7-9-17)15-12(2)13(18)16-14(3,4)5/h11-12,15H,6-10H2,1-5H3,(H,16,18). The molecule has 2 unspecified atom stereocenters. The van der Waals surface area contributed by atoms with Gasteiger partial charge in [-0.3, -0.25) is 4.79 Å². The normalized spacial score (nSPS) is 20.7. The van der Waals surface area contributed by atoms with Crippen LogP contribution in [0.1, 0.15) is 47.5 Å². The van der Waals surface area contributed by atoms with Crippen LogP contribution in [0.3, 0.4) is 0 Å². The van der Waals surface area contributed by atoms with Gasteiger partial charge in [0.25, 0.3) is 0 Å². The lowest BCUT2D eigenvalue weighted by Crippen LogP contribution is -2.52. The van der Waals surface area contributed by atoms with Crippen LogP contribution in [-0.2, 0) is 4.79 Å². The van der Waals surface area contributed by atoms with Crippen LogP contribution in [0.4, 0.5) is 0 Å². The van der Waals surface area contributed by atoms with E-state index < -0.39 is 0 Å². The minimum Gasteiger partial charge on any atom is -0.350 e. The Kier molecular flexibility index (Phi) is 5.60. The van der Waals surface area contributed by atoms with E-state index in [2.05, 4.69) is 22.5 Å². The molecule has 2 atom stereocenters. The first-order chi connectivity index (χ1) is 8.28.